The van der Waals surface area contributed by atoms with Crippen molar-refractivity contribution in [1.29, 1.82) is 0 Å². The van der Waals surface area contributed by atoms with Gasteiger partial charge in [0.05, 0.1) is 18.0 Å². The number of carbonyl (C=O) groups is 1. The zero-order valence-corrected chi connectivity index (χ0v) is 18.8. The Morgan fingerprint density at radius 3 is 2.30 bits per heavy atom. The van der Waals surface area contributed by atoms with Crippen LogP contribution in [0.25, 0.3) is 5.57 Å². The maximum atomic E-state index is 13.8. The zero-order chi connectivity index (χ0) is 22.1. The van der Waals surface area contributed by atoms with E-state index in [9.17, 15) is 13.2 Å². The summed E-state index contributed by atoms with van der Waals surface area (Å²) < 4.78 is 33.9. The number of ether oxygens (including phenoxy) is 1. The highest BCUT2D eigenvalue weighted by Gasteiger charge is 2.48. The second-order valence-electron chi connectivity index (χ2n) is 7.97. The highest BCUT2D eigenvalue weighted by molar-refractivity contribution is 7.89. The Bertz CT molecular complexity index is 1040. The van der Waals surface area contributed by atoms with Gasteiger partial charge < -0.3 is 4.74 Å². The molecule has 0 saturated carbocycles. The van der Waals surface area contributed by atoms with Crippen molar-refractivity contribution in [3.05, 3.63) is 71.3 Å². The lowest BCUT2D eigenvalue weighted by atomic mass is 9.85. The lowest BCUT2D eigenvalue weighted by Crippen LogP contribution is -2.58. The third-order valence-electron chi connectivity index (χ3n) is 5.76. The highest BCUT2D eigenvalue weighted by Crippen LogP contribution is 2.42. The molecule has 0 bridgehead atoms. The van der Waals surface area contributed by atoms with E-state index in [-0.39, 0.29) is 24.5 Å². The molecule has 3 rings (SSSR count). The standard InChI is InChI=1S/C24H29NO4S/c1-16-13-17(2)24(18(3)14-16)30(27,28)25-21(11-12-23(26)29-5)15-22(25)19(4)20-9-7-6-8-10-20/h6-10,13-14,21-22H,4,11-12,15H2,1-3,5H3/t21-,22-/m0/s1. The molecule has 0 radical (unpaired) electrons. The van der Waals surface area contributed by atoms with Gasteiger partial charge in [0.15, 0.2) is 0 Å². The molecular weight excluding hydrogens is 398 g/mol. The molecule has 0 aromatic heterocycles. The molecule has 160 valence electrons. The molecule has 1 saturated heterocycles. The van der Waals surface area contributed by atoms with Gasteiger partial charge in [-0.1, -0.05) is 54.6 Å². The summed E-state index contributed by atoms with van der Waals surface area (Å²) >= 11 is 0. The van der Waals surface area contributed by atoms with Crippen LogP contribution in [-0.4, -0.2) is 37.9 Å². The van der Waals surface area contributed by atoms with Crippen molar-refractivity contribution in [3.8, 4) is 0 Å². The van der Waals surface area contributed by atoms with Gasteiger partial charge in [-0.25, -0.2) is 8.42 Å². The number of carbonyl (C=O) groups excluding carboxylic acids is 1. The monoisotopic (exact) mass is 427 g/mol. The topological polar surface area (TPSA) is 63.7 Å². The Balaban J connectivity index is 1.99. The average Bonchev–Trinajstić information content (AvgIpc) is 2.65. The van der Waals surface area contributed by atoms with Crippen LogP contribution in [0.1, 0.15) is 41.5 Å². The first kappa shape index (κ1) is 22.2. The van der Waals surface area contributed by atoms with Crippen molar-refractivity contribution in [2.24, 2.45) is 0 Å². The quantitative estimate of drug-likeness (QED) is 0.614. The second kappa shape index (κ2) is 8.74. The van der Waals surface area contributed by atoms with Gasteiger partial charge in [0.2, 0.25) is 10.0 Å². The highest BCUT2D eigenvalue weighted by atomic mass is 32.2. The molecule has 1 aliphatic rings. The van der Waals surface area contributed by atoms with Crippen LogP contribution in [0.15, 0.2) is 53.9 Å². The Morgan fingerprint density at radius 1 is 1.13 bits per heavy atom. The molecule has 1 aliphatic heterocycles. The molecule has 2 aromatic rings. The van der Waals surface area contributed by atoms with Crippen LogP contribution >= 0.6 is 0 Å². The Kier molecular flexibility index (Phi) is 6.48. The minimum atomic E-state index is -3.77. The third kappa shape index (κ3) is 4.20. The van der Waals surface area contributed by atoms with Crippen molar-refractivity contribution in [2.75, 3.05) is 7.11 Å². The summed E-state index contributed by atoms with van der Waals surface area (Å²) in [5.74, 6) is -0.333. The van der Waals surface area contributed by atoms with Crippen molar-refractivity contribution >= 4 is 21.6 Å². The van der Waals surface area contributed by atoms with Gasteiger partial charge in [-0.3, -0.25) is 4.79 Å². The molecule has 2 atom stereocenters. The molecule has 1 heterocycles. The maximum absolute atomic E-state index is 13.8. The number of hydrogen-bond acceptors (Lipinski definition) is 4. The van der Waals surface area contributed by atoms with E-state index in [0.29, 0.717) is 17.7 Å². The zero-order valence-electron chi connectivity index (χ0n) is 18.0. The SMILES string of the molecule is C=C(c1ccccc1)[C@@H]1C[C@H](CCC(=O)OC)N1S(=O)(=O)c1c(C)cc(C)cc1C. The maximum Gasteiger partial charge on any atom is 0.305 e. The van der Waals surface area contributed by atoms with Gasteiger partial charge in [-0.05, 0) is 55.9 Å². The summed E-state index contributed by atoms with van der Waals surface area (Å²) in [6, 6.07) is 12.8. The lowest BCUT2D eigenvalue weighted by molar-refractivity contribution is -0.141. The van der Waals surface area contributed by atoms with Crippen LogP contribution in [0.2, 0.25) is 0 Å². The van der Waals surface area contributed by atoms with Gasteiger partial charge in [0, 0.05) is 12.5 Å². The number of esters is 1. The van der Waals surface area contributed by atoms with Gasteiger partial charge in [0.25, 0.3) is 0 Å². The fraction of sp³-hybridized carbons (Fsp3) is 0.375. The number of methoxy groups -OCH3 is 1. The van der Waals surface area contributed by atoms with Crippen molar-refractivity contribution in [2.45, 2.75) is 57.0 Å². The van der Waals surface area contributed by atoms with Crippen LogP contribution in [0.5, 0.6) is 0 Å². The number of hydrogen-bond donors (Lipinski definition) is 0. The van der Waals surface area contributed by atoms with Gasteiger partial charge >= 0.3 is 5.97 Å². The molecule has 0 amide bonds. The molecule has 0 N–H and O–H groups in total. The number of aryl methyl sites for hydroxylation is 3. The molecule has 6 heteroatoms. The smallest absolute Gasteiger partial charge is 0.305 e. The van der Waals surface area contributed by atoms with Crippen LogP contribution in [0.3, 0.4) is 0 Å². The summed E-state index contributed by atoms with van der Waals surface area (Å²) in [6.07, 6.45) is 1.24. The average molecular weight is 428 g/mol. The Hall–Kier alpha value is -2.44. The summed E-state index contributed by atoms with van der Waals surface area (Å²) in [6.45, 7) is 9.83. The van der Waals surface area contributed by atoms with E-state index in [4.69, 9.17) is 4.74 Å². The molecular formula is C24H29NO4S. The Labute approximate surface area is 179 Å². The summed E-state index contributed by atoms with van der Waals surface area (Å²) in [4.78, 5) is 12.0. The van der Waals surface area contributed by atoms with Gasteiger partial charge in [0.1, 0.15) is 0 Å². The van der Waals surface area contributed by atoms with Crippen LogP contribution in [0.4, 0.5) is 0 Å². The van der Waals surface area contributed by atoms with E-state index in [0.717, 1.165) is 27.8 Å². The normalized spacial score (nSPS) is 19.2. The molecule has 30 heavy (non-hydrogen) atoms. The van der Waals surface area contributed by atoms with Crippen molar-refractivity contribution in [3.63, 3.8) is 0 Å². The number of rotatable bonds is 7. The van der Waals surface area contributed by atoms with Gasteiger partial charge in [-0.15, -0.1) is 0 Å². The first-order valence-electron chi connectivity index (χ1n) is 10.1. The summed E-state index contributed by atoms with van der Waals surface area (Å²) in [5.41, 5.74) is 4.19. The second-order valence-corrected chi connectivity index (χ2v) is 9.75. The predicted octanol–water partition coefficient (Wildman–Crippen LogP) is 4.41. The Morgan fingerprint density at radius 2 is 1.73 bits per heavy atom. The first-order valence-corrected chi connectivity index (χ1v) is 11.5. The molecule has 0 unspecified atom stereocenters. The minimum absolute atomic E-state index is 0.184. The lowest BCUT2D eigenvalue weighted by Gasteiger charge is -2.48. The molecule has 2 aromatic carbocycles. The van der Waals surface area contributed by atoms with Crippen LogP contribution in [0, 0.1) is 20.8 Å². The fourth-order valence-electron chi connectivity index (χ4n) is 4.40. The van der Waals surface area contributed by atoms with Crippen LogP contribution in [-0.2, 0) is 19.6 Å². The number of nitrogens with zero attached hydrogens (tertiary/aromatic N) is 1. The molecule has 0 aliphatic carbocycles. The first-order chi connectivity index (χ1) is 14.2. The number of benzene rings is 2. The van der Waals surface area contributed by atoms with E-state index in [1.54, 1.807) is 4.31 Å². The largest absolute Gasteiger partial charge is 0.469 e. The fourth-order valence-corrected chi connectivity index (χ4v) is 6.67. The van der Waals surface area contributed by atoms with Crippen molar-refractivity contribution in [1.82, 2.24) is 4.31 Å². The third-order valence-corrected chi connectivity index (χ3v) is 8.03. The predicted molar refractivity (Wildman–Crippen MR) is 119 cm³/mol. The summed E-state index contributed by atoms with van der Waals surface area (Å²) in [7, 11) is -2.42. The molecule has 5 nitrogen and oxygen atoms in total. The minimum Gasteiger partial charge on any atom is -0.469 e. The van der Waals surface area contributed by atoms with E-state index in [1.165, 1.54) is 7.11 Å². The van der Waals surface area contributed by atoms with Crippen LogP contribution < -0.4 is 0 Å². The van der Waals surface area contributed by atoms with E-state index in [2.05, 4.69) is 6.58 Å². The van der Waals surface area contributed by atoms with E-state index < -0.39 is 10.0 Å². The summed E-state index contributed by atoms with van der Waals surface area (Å²) in [5, 5.41) is 0. The number of sulfonamides is 1. The van der Waals surface area contributed by atoms with Crippen molar-refractivity contribution < 1.29 is 17.9 Å². The molecule has 1 fully saturated rings. The van der Waals surface area contributed by atoms with E-state index >= 15 is 0 Å². The molecule has 0 spiro atoms. The van der Waals surface area contributed by atoms with Gasteiger partial charge in [-0.2, -0.15) is 4.31 Å². The van der Waals surface area contributed by atoms with E-state index in [1.807, 2.05) is 63.2 Å².